The number of aryl methyl sites for hydroxylation is 1. The number of carbonyl (C=O) groups is 1. The van der Waals surface area contributed by atoms with Crippen LogP contribution < -0.4 is 14.9 Å². The number of hydrogen-bond acceptors (Lipinski definition) is 4. The molecule has 0 atom stereocenters. The first kappa shape index (κ1) is 18.3. The number of nitrogens with one attached hydrogen (secondary N) is 1. The van der Waals surface area contributed by atoms with Crippen LogP contribution in [0.2, 0.25) is 0 Å². The molecule has 0 aromatic heterocycles. The Morgan fingerprint density at radius 3 is 2.79 bits per heavy atom. The Morgan fingerprint density at radius 1 is 1.33 bits per heavy atom. The van der Waals surface area contributed by atoms with Crippen molar-refractivity contribution in [2.45, 2.75) is 13.8 Å². The zero-order valence-corrected chi connectivity index (χ0v) is 16.0. The lowest BCUT2D eigenvalue weighted by Crippen LogP contribution is -2.17. The summed E-state index contributed by atoms with van der Waals surface area (Å²) in [6.07, 6.45) is 1.58. The molecule has 0 fully saturated rings. The van der Waals surface area contributed by atoms with Crippen LogP contribution in [0.5, 0.6) is 11.5 Å². The molecule has 24 heavy (non-hydrogen) atoms. The van der Waals surface area contributed by atoms with E-state index in [0.29, 0.717) is 23.7 Å². The summed E-state index contributed by atoms with van der Waals surface area (Å²) >= 11 is 2.18. The molecule has 0 bridgehead atoms. The fraction of sp³-hybridized carbons (Fsp3) is 0.222. The second kappa shape index (κ2) is 8.68. The van der Waals surface area contributed by atoms with E-state index in [0.717, 1.165) is 14.7 Å². The van der Waals surface area contributed by atoms with Gasteiger partial charge in [-0.2, -0.15) is 5.10 Å². The van der Waals surface area contributed by atoms with Crippen molar-refractivity contribution in [1.82, 2.24) is 5.43 Å². The molecular formula is C18H19IN2O3. The third kappa shape index (κ3) is 4.70. The van der Waals surface area contributed by atoms with E-state index in [-0.39, 0.29) is 5.91 Å². The lowest BCUT2D eigenvalue weighted by atomic mass is 10.1. The summed E-state index contributed by atoms with van der Waals surface area (Å²) in [7, 11) is 1.61. The number of nitrogens with zero attached hydrogens (tertiary/aromatic N) is 1. The fourth-order valence-corrected chi connectivity index (χ4v) is 2.99. The molecule has 0 aliphatic heterocycles. The first-order chi connectivity index (χ1) is 11.5. The second-order valence-corrected chi connectivity index (χ2v) is 6.20. The fourth-order valence-electron chi connectivity index (χ4n) is 2.14. The number of amides is 1. The average molecular weight is 438 g/mol. The summed E-state index contributed by atoms with van der Waals surface area (Å²) in [5.74, 6) is 1.10. The zero-order chi connectivity index (χ0) is 17.5. The number of benzene rings is 2. The lowest BCUT2D eigenvalue weighted by molar-refractivity contribution is 0.0955. The van der Waals surface area contributed by atoms with E-state index < -0.39 is 0 Å². The van der Waals surface area contributed by atoms with Gasteiger partial charge in [0.2, 0.25) is 0 Å². The molecule has 0 unspecified atom stereocenters. The van der Waals surface area contributed by atoms with Gasteiger partial charge in [0.1, 0.15) is 0 Å². The summed E-state index contributed by atoms with van der Waals surface area (Å²) in [6.45, 7) is 4.39. The van der Waals surface area contributed by atoms with Gasteiger partial charge in [0.25, 0.3) is 5.91 Å². The number of rotatable bonds is 6. The molecule has 0 saturated heterocycles. The Balaban J connectivity index is 2.12. The van der Waals surface area contributed by atoms with E-state index in [1.807, 2.05) is 44.2 Å². The van der Waals surface area contributed by atoms with Crippen LogP contribution in [0.25, 0.3) is 0 Å². The molecule has 1 N–H and O–H groups in total. The highest BCUT2D eigenvalue weighted by Gasteiger charge is 2.10. The number of carbonyl (C=O) groups excluding carboxylic acids is 1. The first-order valence-electron chi connectivity index (χ1n) is 7.45. The SMILES string of the molecule is CCOc1cc(/C=N\NC(=O)c2cccc(C)c2)cc(I)c1OC. The predicted octanol–water partition coefficient (Wildman–Crippen LogP) is 3.77. The minimum atomic E-state index is -0.247. The quantitative estimate of drug-likeness (QED) is 0.425. The normalized spacial score (nSPS) is 10.7. The molecule has 1 amide bonds. The molecular weight excluding hydrogens is 419 g/mol. The molecule has 126 valence electrons. The minimum Gasteiger partial charge on any atom is -0.492 e. The smallest absolute Gasteiger partial charge is 0.271 e. The van der Waals surface area contributed by atoms with E-state index in [1.165, 1.54) is 0 Å². The predicted molar refractivity (Wildman–Crippen MR) is 103 cm³/mol. The third-order valence-corrected chi connectivity index (χ3v) is 4.00. The Hall–Kier alpha value is -2.09. The van der Waals surface area contributed by atoms with Gasteiger partial charge in [0, 0.05) is 5.56 Å². The summed E-state index contributed by atoms with van der Waals surface area (Å²) < 4.78 is 11.8. The van der Waals surface area contributed by atoms with Crippen molar-refractivity contribution < 1.29 is 14.3 Å². The van der Waals surface area contributed by atoms with E-state index in [9.17, 15) is 4.79 Å². The van der Waals surface area contributed by atoms with Gasteiger partial charge in [0.05, 0.1) is 23.5 Å². The van der Waals surface area contributed by atoms with Crippen molar-refractivity contribution in [2.24, 2.45) is 5.10 Å². The molecule has 6 heteroatoms. The maximum Gasteiger partial charge on any atom is 0.271 e. The van der Waals surface area contributed by atoms with Crippen molar-refractivity contribution in [1.29, 1.82) is 0 Å². The largest absolute Gasteiger partial charge is 0.492 e. The molecule has 0 aliphatic carbocycles. The van der Waals surface area contributed by atoms with E-state index in [2.05, 4.69) is 33.1 Å². The molecule has 0 heterocycles. The number of hydrazone groups is 1. The summed E-state index contributed by atoms with van der Waals surface area (Å²) in [5, 5.41) is 4.02. The van der Waals surface area contributed by atoms with Gasteiger partial charge < -0.3 is 9.47 Å². The number of methoxy groups -OCH3 is 1. The van der Waals surface area contributed by atoms with Crippen molar-refractivity contribution in [3.05, 3.63) is 56.7 Å². The lowest BCUT2D eigenvalue weighted by Gasteiger charge is -2.11. The topological polar surface area (TPSA) is 59.9 Å². The molecule has 5 nitrogen and oxygen atoms in total. The summed E-state index contributed by atoms with van der Waals surface area (Å²) in [4.78, 5) is 12.1. The molecule has 2 aromatic carbocycles. The van der Waals surface area contributed by atoms with Gasteiger partial charge in [0.15, 0.2) is 11.5 Å². The number of ether oxygens (including phenoxy) is 2. The number of hydrogen-bond donors (Lipinski definition) is 1. The molecule has 0 saturated carbocycles. The van der Waals surface area contributed by atoms with Crippen LogP contribution >= 0.6 is 22.6 Å². The monoisotopic (exact) mass is 438 g/mol. The molecule has 0 spiro atoms. The summed E-state index contributed by atoms with van der Waals surface area (Å²) in [5.41, 5.74) is 4.94. The van der Waals surface area contributed by atoms with Crippen molar-refractivity contribution in [2.75, 3.05) is 13.7 Å². The average Bonchev–Trinajstić information content (AvgIpc) is 2.55. The van der Waals surface area contributed by atoms with Crippen molar-refractivity contribution in [3.63, 3.8) is 0 Å². The van der Waals surface area contributed by atoms with Gasteiger partial charge in [-0.15, -0.1) is 0 Å². The maximum absolute atomic E-state index is 12.1. The van der Waals surface area contributed by atoms with E-state index in [1.54, 1.807) is 19.4 Å². The highest BCUT2D eigenvalue weighted by atomic mass is 127. The third-order valence-electron chi connectivity index (χ3n) is 3.20. The molecule has 0 aliphatic rings. The van der Waals surface area contributed by atoms with Crippen molar-refractivity contribution in [3.8, 4) is 11.5 Å². The van der Waals surface area contributed by atoms with Gasteiger partial charge >= 0.3 is 0 Å². The van der Waals surface area contributed by atoms with E-state index in [4.69, 9.17) is 9.47 Å². The number of halogens is 1. The van der Waals surface area contributed by atoms with Gasteiger partial charge in [-0.25, -0.2) is 5.43 Å². The van der Waals surface area contributed by atoms with Crippen LogP contribution in [0.15, 0.2) is 41.5 Å². The zero-order valence-electron chi connectivity index (χ0n) is 13.8. The van der Waals surface area contributed by atoms with Crippen LogP contribution in [0.1, 0.15) is 28.4 Å². The molecule has 0 radical (unpaired) electrons. The molecule has 2 rings (SSSR count). The van der Waals surface area contributed by atoms with Crippen LogP contribution in [0.3, 0.4) is 0 Å². The second-order valence-electron chi connectivity index (χ2n) is 5.04. The Labute approximate surface area is 155 Å². The van der Waals surface area contributed by atoms with Gasteiger partial charge in [-0.1, -0.05) is 17.7 Å². The van der Waals surface area contributed by atoms with E-state index >= 15 is 0 Å². The highest BCUT2D eigenvalue weighted by Crippen LogP contribution is 2.33. The minimum absolute atomic E-state index is 0.247. The van der Waals surface area contributed by atoms with Crippen LogP contribution in [0, 0.1) is 10.5 Å². The van der Waals surface area contributed by atoms with Crippen LogP contribution in [0.4, 0.5) is 0 Å². The van der Waals surface area contributed by atoms with Gasteiger partial charge in [-0.05, 0) is 66.3 Å². The highest BCUT2D eigenvalue weighted by molar-refractivity contribution is 14.1. The summed E-state index contributed by atoms with van der Waals surface area (Å²) in [6, 6.07) is 11.1. The Kier molecular flexibility index (Phi) is 6.60. The standard InChI is InChI=1S/C18H19IN2O3/c1-4-24-16-10-13(9-15(19)17(16)23-3)11-20-21-18(22)14-7-5-6-12(2)8-14/h5-11H,4H2,1-3H3,(H,21,22)/b20-11-. The van der Waals surface area contributed by atoms with Gasteiger partial charge in [-0.3, -0.25) is 4.79 Å². The Morgan fingerprint density at radius 2 is 2.12 bits per heavy atom. The Bertz CT molecular complexity index is 760. The van der Waals surface area contributed by atoms with Crippen LogP contribution in [-0.4, -0.2) is 25.8 Å². The molecule has 2 aromatic rings. The van der Waals surface area contributed by atoms with Crippen LogP contribution in [-0.2, 0) is 0 Å². The first-order valence-corrected chi connectivity index (χ1v) is 8.53. The van der Waals surface area contributed by atoms with Crippen molar-refractivity contribution >= 4 is 34.7 Å². The maximum atomic E-state index is 12.1.